The standard InChI is InChI=1S/C21H18O2S/c1-14-7-12-19-18(13-14)23-20(15-8-10-17(22)11-9-15)21(24-19)16-5-3-2-4-6-16/h2-13,20-22H,1H3/t20-,21+/m1/s1/i/hT. The smallest absolute Gasteiger partial charge is 0.293 e. The van der Waals surface area contributed by atoms with E-state index in [0.717, 1.165) is 11.3 Å². The van der Waals surface area contributed by atoms with Gasteiger partial charge in [0.2, 0.25) is 0 Å². The van der Waals surface area contributed by atoms with Gasteiger partial charge in [-0.05, 0) is 47.9 Å². The summed E-state index contributed by atoms with van der Waals surface area (Å²) in [5.74, 6) is 1.46. The number of aryl methyl sites for hydroxylation is 1. The first-order valence-electron chi connectivity index (χ1n) is 8.37. The van der Waals surface area contributed by atoms with Crippen LogP contribution in [0.4, 0.5) is 0 Å². The Morgan fingerprint density at radius 3 is 2.50 bits per heavy atom. The van der Waals surface area contributed by atoms with Crippen molar-refractivity contribution in [3.8, 4) is 11.5 Å². The maximum Gasteiger partial charge on any atom is 0.293 e. The summed E-state index contributed by atoms with van der Waals surface area (Å²) < 4.78 is 13.4. The number of thioether (sulfide) groups is 1. The quantitative estimate of drug-likeness (QED) is 0.668. The lowest BCUT2D eigenvalue weighted by Crippen LogP contribution is -2.19. The number of aromatic hydroxyl groups is 1. The van der Waals surface area contributed by atoms with E-state index in [2.05, 4.69) is 54.5 Å². The van der Waals surface area contributed by atoms with Crippen LogP contribution in [0.5, 0.6) is 11.5 Å². The molecule has 120 valence electrons. The maximum atomic E-state index is 7.02. The molecule has 0 radical (unpaired) electrons. The van der Waals surface area contributed by atoms with Crippen molar-refractivity contribution in [1.29, 1.82) is 1.43 Å². The predicted octanol–water partition coefficient (Wildman–Crippen LogP) is 5.67. The molecule has 1 N–H and O–H groups in total. The van der Waals surface area contributed by atoms with Crippen LogP contribution in [-0.4, -0.2) is 6.54 Å². The summed E-state index contributed by atoms with van der Waals surface area (Å²) in [6.07, 6.45) is -0.0958. The van der Waals surface area contributed by atoms with Crippen molar-refractivity contribution >= 4 is 11.8 Å². The third kappa shape index (κ3) is 2.87. The van der Waals surface area contributed by atoms with Crippen LogP contribution in [0.15, 0.2) is 77.7 Å². The summed E-state index contributed by atoms with van der Waals surface area (Å²) in [5, 5.41) is 4.71. The molecule has 3 heteroatoms. The van der Waals surface area contributed by atoms with Crippen LogP contribution in [0.3, 0.4) is 0 Å². The van der Waals surface area contributed by atoms with Crippen molar-refractivity contribution in [1.82, 2.24) is 0 Å². The zero-order valence-electron chi connectivity index (χ0n) is 14.3. The first-order chi connectivity index (χ1) is 12.2. The molecular weight excluding hydrogens is 316 g/mol. The Morgan fingerprint density at radius 1 is 0.958 bits per heavy atom. The Hall–Kier alpha value is -2.39. The van der Waals surface area contributed by atoms with E-state index in [4.69, 9.17) is 6.17 Å². The van der Waals surface area contributed by atoms with Gasteiger partial charge in [0.05, 0.1) is 10.1 Å². The van der Waals surface area contributed by atoms with Crippen molar-refractivity contribution in [3.63, 3.8) is 0 Å². The fourth-order valence-electron chi connectivity index (χ4n) is 2.99. The third-order valence-electron chi connectivity index (χ3n) is 4.22. The lowest BCUT2D eigenvalue weighted by molar-refractivity contribution is 0.191. The van der Waals surface area contributed by atoms with E-state index in [9.17, 15) is 0 Å². The number of fused-ring (bicyclic) bond motifs is 1. The topological polar surface area (TPSA) is 29.5 Å². The molecule has 0 fully saturated rings. The zero-order chi connectivity index (χ0) is 17.2. The summed E-state index contributed by atoms with van der Waals surface area (Å²) in [7, 11) is 0. The van der Waals surface area contributed by atoms with Gasteiger partial charge in [-0.1, -0.05) is 48.5 Å². The van der Waals surface area contributed by atoms with Crippen molar-refractivity contribution in [2.45, 2.75) is 23.2 Å². The summed E-state index contributed by atoms with van der Waals surface area (Å²) >= 11 is 1.84. The lowest BCUT2D eigenvalue weighted by atomic mass is 10.00. The molecule has 0 amide bonds. The van der Waals surface area contributed by atoms with Crippen molar-refractivity contribution in [2.75, 3.05) is 0 Å². The van der Waals surface area contributed by atoms with Crippen LogP contribution in [0.25, 0.3) is 0 Å². The molecule has 3 aromatic carbocycles. The second-order valence-electron chi connectivity index (χ2n) is 6.01. The average molecular weight is 336 g/mol. The first kappa shape index (κ1) is 14.0. The fourth-order valence-corrected chi connectivity index (χ4v) is 4.26. The second kappa shape index (κ2) is 6.25. The zero-order valence-corrected chi connectivity index (χ0v) is 14.1. The summed E-state index contributed by atoms with van der Waals surface area (Å²) in [5.41, 5.74) is 3.51. The molecule has 0 aromatic heterocycles. The van der Waals surface area contributed by atoms with Gasteiger partial charge in [0.1, 0.15) is 17.6 Å². The van der Waals surface area contributed by atoms with Crippen molar-refractivity contribution < 1.29 is 9.85 Å². The first-order valence-corrected chi connectivity index (χ1v) is 8.84. The molecule has 3 aromatic rings. The largest absolute Gasteiger partial charge is 0.508 e. The monoisotopic (exact) mass is 336 g/mol. The van der Waals surface area contributed by atoms with Gasteiger partial charge in [-0.15, -0.1) is 11.8 Å². The summed E-state index contributed by atoms with van der Waals surface area (Å²) in [4.78, 5) is 1.17. The van der Waals surface area contributed by atoms with Gasteiger partial charge in [0.15, 0.2) is 0 Å². The maximum absolute atomic E-state index is 7.02. The van der Waals surface area contributed by atoms with Crippen molar-refractivity contribution in [3.05, 3.63) is 89.5 Å². The highest BCUT2D eigenvalue weighted by molar-refractivity contribution is 7.99. The predicted molar refractivity (Wildman–Crippen MR) is 97.7 cm³/mol. The average Bonchev–Trinajstić information content (AvgIpc) is 2.67. The van der Waals surface area contributed by atoms with E-state index in [-0.39, 0.29) is 11.4 Å². The number of benzene rings is 3. The van der Waals surface area contributed by atoms with E-state index in [1.807, 2.05) is 42.1 Å². The summed E-state index contributed by atoms with van der Waals surface area (Å²) in [6, 6.07) is 24.4. The highest BCUT2D eigenvalue weighted by atomic mass is 32.2. The minimum atomic E-state index is -0.0958. The Kier molecular flexibility index (Phi) is 3.64. The molecule has 0 spiro atoms. The van der Waals surface area contributed by atoms with Crippen LogP contribution in [0, 0.1) is 6.92 Å². The number of hydrogen-bond acceptors (Lipinski definition) is 3. The van der Waals surface area contributed by atoms with E-state index >= 15 is 0 Å². The number of hydrogen-bond donors (Lipinski definition) is 1. The Labute approximate surface area is 147 Å². The molecule has 2 atom stereocenters. The molecule has 2 nitrogen and oxygen atoms in total. The SMILES string of the molecule is [3H]Oc1ccc([C@H]2Oc3cc(C)ccc3S[C@H]2c2ccccc2)cc1. The van der Waals surface area contributed by atoms with Crippen LogP contribution < -0.4 is 4.74 Å². The highest BCUT2D eigenvalue weighted by Gasteiger charge is 2.33. The molecule has 1 heterocycles. The number of phenolic OH excluding ortho intramolecular Hbond substituents is 1. The minimum Gasteiger partial charge on any atom is -0.508 e. The molecule has 0 unspecified atom stereocenters. The molecule has 24 heavy (non-hydrogen) atoms. The third-order valence-corrected chi connectivity index (χ3v) is 5.58. The highest BCUT2D eigenvalue weighted by Crippen LogP contribution is 2.53. The molecular formula is C21H18O2S. The lowest BCUT2D eigenvalue weighted by Gasteiger charge is -2.34. The van der Waals surface area contributed by atoms with E-state index < -0.39 is 0 Å². The van der Waals surface area contributed by atoms with Crippen molar-refractivity contribution in [2.24, 2.45) is 0 Å². The fraction of sp³-hybridized carbons (Fsp3) is 0.143. The number of rotatable bonds is 3. The number of phenols is 1. The Morgan fingerprint density at radius 2 is 1.75 bits per heavy atom. The minimum absolute atomic E-state index is 0.0958. The van der Waals surface area contributed by atoms with Gasteiger partial charge < -0.3 is 9.85 Å². The van der Waals surface area contributed by atoms with E-state index in [1.54, 1.807) is 0 Å². The second-order valence-corrected chi connectivity index (χ2v) is 7.19. The van der Waals surface area contributed by atoms with Crippen LogP contribution >= 0.6 is 11.8 Å². The van der Waals surface area contributed by atoms with Crippen LogP contribution in [-0.2, 0) is 0 Å². The molecule has 1 aliphatic rings. The molecule has 0 saturated carbocycles. The van der Waals surface area contributed by atoms with Crippen LogP contribution in [0.1, 0.15) is 28.0 Å². The van der Waals surface area contributed by atoms with Gasteiger partial charge in [-0.3, -0.25) is 0 Å². The van der Waals surface area contributed by atoms with E-state index in [1.165, 1.54) is 16.0 Å². The number of ether oxygens (including phenoxy) is 1. The molecule has 0 saturated heterocycles. The normalized spacial score (nSPS) is 19.8. The molecule has 0 aliphatic carbocycles. The summed E-state index contributed by atoms with van der Waals surface area (Å²) in [6.45, 7) is 2.08. The van der Waals surface area contributed by atoms with E-state index in [0.29, 0.717) is 5.75 Å². The van der Waals surface area contributed by atoms with Gasteiger partial charge in [-0.2, -0.15) is 0 Å². The Balaban J connectivity index is 1.76. The molecule has 1 aliphatic heterocycles. The van der Waals surface area contributed by atoms with Gasteiger partial charge >= 0.3 is 0 Å². The molecule has 4 rings (SSSR count). The molecule has 0 bridgehead atoms. The van der Waals surface area contributed by atoms with Crippen LogP contribution in [0.2, 0.25) is 0 Å². The van der Waals surface area contributed by atoms with Gasteiger partial charge in [0, 0.05) is 0 Å². The van der Waals surface area contributed by atoms with Gasteiger partial charge in [0.25, 0.3) is 1.43 Å². The van der Waals surface area contributed by atoms with Gasteiger partial charge in [-0.25, -0.2) is 0 Å². The Bertz CT molecular complexity index is 865.